The summed E-state index contributed by atoms with van der Waals surface area (Å²) in [5, 5.41) is 11.4. The number of nitrogens with one attached hydrogen (secondary N) is 1. The maximum atomic E-state index is 12.5. The van der Waals surface area contributed by atoms with Crippen molar-refractivity contribution in [2.45, 2.75) is 13.3 Å². The average molecular weight is 457 g/mol. The summed E-state index contributed by atoms with van der Waals surface area (Å²) >= 11 is 0. The molecule has 7 nitrogen and oxygen atoms in total. The van der Waals surface area contributed by atoms with Crippen LogP contribution in [0.4, 0.5) is 29.5 Å². The number of hydrogen-bond acceptors (Lipinski definition) is 5. The van der Waals surface area contributed by atoms with E-state index in [-0.39, 0.29) is 11.8 Å². The van der Waals surface area contributed by atoms with E-state index in [1.165, 1.54) is 12.1 Å². The highest BCUT2D eigenvalue weighted by molar-refractivity contribution is 5.89. The van der Waals surface area contributed by atoms with Crippen molar-refractivity contribution in [2.24, 2.45) is 0 Å². The van der Waals surface area contributed by atoms with Gasteiger partial charge in [-0.05, 0) is 48.9 Å². The zero-order valence-corrected chi connectivity index (χ0v) is 17.8. The van der Waals surface area contributed by atoms with Crippen molar-refractivity contribution >= 4 is 17.5 Å². The molecule has 33 heavy (non-hydrogen) atoms. The Morgan fingerprint density at radius 1 is 0.939 bits per heavy atom. The van der Waals surface area contributed by atoms with E-state index >= 15 is 0 Å². The quantitative estimate of drug-likeness (QED) is 0.615. The first-order valence-electron chi connectivity index (χ1n) is 10.3. The number of halogens is 3. The summed E-state index contributed by atoms with van der Waals surface area (Å²) in [6.45, 7) is 4.15. The predicted molar refractivity (Wildman–Crippen MR) is 118 cm³/mol. The molecule has 2 aromatic carbocycles. The fourth-order valence-corrected chi connectivity index (χ4v) is 3.58. The molecule has 0 atom stereocenters. The Labute approximate surface area is 188 Å². The van der Waals surface area contributed by atoms with E-state index < -0.39 is 6.36 Å². The van der Waals surface area contributed by atoms with E-state index in [1.54, 1.807) is 4.90 Å². The fourth-order valence-electron chi connectivity index (χ4n) is 3.58. The summed E-state index contributed by atoms with van der Waals surface area (Å²) in [4.78, 5) is 16.2. The zero-order chi connectivity index (χ0) is 23.4. The van der Waals surface area contributed by atoms with E-state index in [9.17, 15) is 18.0 Å². The third-order valence-corrected chi connectivity index (χ3v) is 5.30. The van der Waals surface area contributed by atoms with Gasteiger partial charge >= 0.3 is 12.4 Å². The molecule has 2 heterocycles. The van der Waals surface area contributed by atoms with Crippen LogP contribution in [0.2, 0.25) is 0 Å². The van der Waals surface area contributed by atoms with Gasteiger partial charge in [-0.15, -0.1) is 23.4 Å². The second kappa shape index (κ2) is 9.35. The summed E-state index contributed by atoms with van der Waals surface area (Å²) in [5.74, 6) is 0.399. The first-order chi connectivity index (χ1) is 15.8. The van der Waals surface area contributed by atoms with Gasteiger partial charge in [-0.25, -0.2) is 4.79 Å². The van der Waals surface area contributed by atoms with E-state index in [0.717, 1.165) is 34.8 Å². The van der Waals surface area contributed by atoms with Gasteiger partial charge in [-0.2, -0.15) is 0 Å². The number of ether oxygens (including phenoxy) is 1. The summed E-state index contributed by atoms with van der Waals surface area (Å²) in [6.07, 6.45) is -4.75. The van der Waals surface area contributed by atoms with Crippen LogP contribution in [-0.4, -0.2) is 53.7 Å². The Morgan fingerprint density at radius 3 is 2.24 bits per heavy atom. The summed E-state index contributed by atoms with van der Waals surface area (Å²) < 4.78 is 40.6. The van der Waals surface area contributed by atoms with Gasteiger partial charge in [-0.3, -0.25) is 0 Å². The van der Waals surface area contributed by atoms with Crippen LogP contribution in [0.1, 0.15) is 5.56 Å². The lowest BCUT2D eigenvalue weighted by atomic mass is 10.1. The van der Waals surface area contributed by atoms with E-state index in [2.05, 4.69) is 25.2 Å². The average Bonchev–Trinajstić information content (AvgIpc) is 2.80. The van der Waals surface area contributed by atoms with Crippen LogP contribution in [0.15, 0.2) is 60.7 Å². The van der Waals surface area contributed by atoms with Gasteiger partial charge in [0.2, 0.25) is 0 Å². The molecule has 172 valence electrons. The van der Waals surface area contributed by atoms with Gasteiger partial charge in [0.1, 0.15) is 5.75 Å². The van der Waals surface area contributed by atoms with Crippen molar-refractivity contribution in [3.63, 3.8) is 0 Å². The predicted octanol–water partition coefficient (Wildman–Crippen LogP) is 4.70. The minimum atomic E-state index is -4.75. The Hall–Kier alpha value is -3.82. The molecule has 1 saturated heterocycles. The number of alkyl halides is 3. The Balaban J connectivity index is 1.30. The van der Waals surface area contributed by atoms with Crippen molar-refractivity contribution < 1.29 is 22.7 Å². The first-order valence-corrected chi connectivity index (χ1v) is 10.3. The number of anilines is 2. The third kappa shape index (κ3) is 5.71. The fraction of sp³-hybridized carbons (Fsp3) is 0.261. The number of carbonyl (C=O) groups is 1. The number of piperazine rings is 1. The minimum Gasteiger partial charge on any atom is -0.406 e. The summed E-state index contributed by atoms with van der Waals surface area (Å²) in [6, 6.07) is 16.6. The number of aromatic nitrogens is 2. The molecule has 3 aromatic rings. The normalized spacial score (nSPS) is 14.2. The molecule has 0 saturated carbocycles. The standard InChI is InChI=1S/C23H22F3N5O2/c1-16-4-2-3-5-19(16)20-10-11-21(29-28-20)30-12-14-31(15-13-30)22(32)27-17-6-8-18(9-7-17)33-23(24,25)26/h2-11H,12-15H2,1H3,(H,27,32). The van der Waals surface area contributed by atoms with Gasteiger partial charge in [-0.1, -0.05) is 24.3 Å². The lowest BCUT2D eigenvalue weighted by molar-refractivity contribution is -0.274. The largest absolute Gasteiger partial charge is 0.573 e. The second-order valence-electron chi connectivity index (χ2n) is 7.57. The number of aryl methyl sites for hydroxylation is 1. The van der Waals surface area contributed by atoms with Crippen molar-refractivity contribution in [1.29, 1.82) is 0 Å². The number of hydrogen-bond donors (Lipinski definition) is 1. The monoisotopic (exact) mass is 457 g/mol. The van der Waals surface area contributed by atoms with Gasteiger partial charge in [0.15, 0.2) is 5.82 Å². The molecule has 1 fully saturated rings. The highest BCUT2D eigenvalue weighted by Gasteiger charge is 2.31. The molecule has 1 aliphatic rings. The highest BCUT2D eigenvalue weighted by atomic mass is 19.4. The molecule has 0 bridgehead atoms. The van der Waals surface area contributed by atoms with Crippen molar-refractivity contribution in [3.8, 4) is 17.0 Å². The topological polar surface area (TPSA) is 70.6 Å². The lowest BCUT2D eigenvalue weighted by Gasteiger charge is -2.35. The molecule has 4 rings (SSSR count). The second-order valence-corrected chi connectivity index (χ2v) is 7.57. The Morgan fingerprint density at radius 2 is 1.64 bits per heavy atom. The molecule has 1 N–H and O–H groups in total. The van der Waals surface area contributed by atoms with Crippen LogP contribution >= 0.6 is 0 Å². The maximum Gasteiger partial charge on any atom is 0.573 e. The first kappa shape index (κ1) is 22.4. The van der Waals surface area contributed by atoms with Crippen LogP contribution in [0.25, 0.3) is 11.3 Å². The van der Waals surface area contributed by atoms with E-state index in [4.69, 9.17) is 0 Å². The highest BCUT2D eigenvalue weighted by Crippen LogP contribution is 2.25. The third-order valence-electron chi connectivity index (χ3n) is 5.30. The molecular formula is C23H22F3N5O2. The Bertz CT molecular complexity index is 1100. The summed E-state index contributed by atoms with van der Waals surface area (Å²) in [7, 11) is 0. The van der Waals surface area contributed by atoms with Gasteiger partial charge in [0.05, 0.1) is 5.69 Å². The maximum absolute atomic E-state index is 12.5. The van der Waals surface area contributed by atoms with E-state index in [1.807, 2.05) is 43.3 Å². The number of carbonyl (C=O) groups excluding carboxylic acids is 1. The van der Waals surface area contributed by atoms with Crippen LogP contribution in [0.5, 0.6) is 5.75 Å². The van der Waals surface area contributed by atoms with Gasteiger partial charge in [0.25, 0.3) is 0 Å². The van der Waals surface area contributed by atoms with Crippen molar-refractivity contribution in [1.82, 2.24) is 15.1 Å². The molecule has 1 aromatic heterocycles. The van der Waals surface area contributed by atoms with Gasteiger partial charge < -0.3 is 19.9 Å². The zero-order valence-electron chi connectivity index (χ0n) is 17.8. The van der Waals surface area contributed by atoms with Crippen LogP contribution < -0.4 is 15.0 Å². The van der Waals surface area contributed by atoms with Gasteiger partial charge in [0, 0.05) is 37.4 Å². The molecule has 10 heteroatoms. The van der Waals surface area contributed by atoms with Crippen LogP contribution in [-0.2, 0) is 0 Å². The van der Waals surface area contributed by atoms with Crippen LogP contribution in [0.3, 0.4) is 0 Å². The smallest absolute Gasteiger partial charge is 0.406 e. The number of nitrogens with zero attached hydrogens (tertiary/aromatic N) is 4. The number of urea groups is 1. The van der Waals surface area contributed by atoms with Crippen LogP contribution in [0, 0.1) is 6.92 Å². The number of amides is 2. The molecule has 0 aliphatic carbocycles. The lowest BCUT2D eigenvalue weighted by Crippen LogP contribution is -2.50. The summed E-state index contributed by atoms with van der Waals surface area (Å²) in [5.41, 5.74) is 3.36. The molecule has 0 spiro atoms. The molecular weight excluding hydrogens is 435 g/mol. The Kier molecular flexibility index (Phi) is 6.34. The van der Waals surface area contributed by atoms with Crippen molar-refractivity contribution in [2.75, 3.05) is 36.4 Å². The minimum absolute atomic E-state index is 0.319. The number of rotatable bonds is 4. The van der Waals surface area contributed by atoms with E-state index in [0.29, 0.717) is 31.9 Å². The molecule has 0 unspecified atom stereocenters. The molecule has 0 radical (unpaired) electrons. The van der Waals surface area contributed by atoms with Crippen molar-refractivity contribution in [3.05, 3.63) is 66.2 Å². The number of benzene rings is 2. The SMILES string of the molecule is Cc1ccccc1-c1ccc(N2CCN(C(=O)Nc3ccc(OC(F)(F)F)cc3)CC2)nn1. The molecule has 1 aliphatic heterocycles. The molecule has 2 amide bonds.